The highest BCUT2D eigenvalue weighted by Gasteiger charge is 2.48. The van der Waals surface area contributed by atoms with Gasteiger partial charge in [0.25, 0.3) is 0 Å². The largest absolute Gasteiger partial charge is 0.487 e. The molecule has 3 aliphatic rings. The van der Waals surface area contributed by atoms with Crippen molar-refractivity contribution in [2.24, 2.45) is 5.92 Å². The number of fused-ring (bicyclic) bond motifs is 3. The van der Waals surface area contributed by atoms with Crippen molar-refractivity contribution in [2.45, 2.75) is 122 Å². The van der Waals surface area contributed by atoms with Crippen LogP contribution in [0.3, 0.4) is 0 Å². The second-order valence-electron chi connectivity index (χ2n) is 11.7. The minimum absolute atomic E-state index is 0.00835. The predicted octanol–water partition coefficient (Wildman–Crippen LogP) is 6.64. The number of unbranched alkanes of at least 4 members (excludes halogenated alkanes) is 3. The van der Waals surface area contributed by atoms with Crippen LogP contribution in [0.1, 0.15) is 116 Å². The van der Waals surface area contributed by atoms with Crippen LogP contribution in [0.25, 0.3) is 0 Å². The number of hydrogen-bond acceptors (Lipinski definition) is 5. The Morgan fingerprint density at radius 2 is 1.97 bits per heavy atom. The van der Waals surface area contributed by atoms with Crippen molar-refractivity contribution in [2.75, 3.05) is 6.61 Å². The van der Waals surface area contributed by atoms with E-state index in [-0.39, 0.29) is 34.6 Å². The van der Waals surface area contributed by atoms with E-state index in [1.165, 1.54) is 19.3 Å². The molecule has 0 amide bonds. The van der Waals surface area contributed by atoms with Gasteiger partial charge in [0.2, 0.25) is 0 Å². The molecule has 0 aromatic heterocycles. The predicted molar refractivity (Wildman–Crippen MR) is 133 cm³/mol. The van der Waals surface area contributed by atoms with Crippen molar-refractivity contribution in [3.8, 4) is 11.5 Å². The first-order chi connectivity index (χ1) is 16.1. The Morgan fingerprint density at radius 1 is 1.18 bits per heavy atom. The van der Waals surface area contributed by atoms with Gasteiger partial charge in [0.1, 0.15) is 22.9 Å². The van der Waals surface area contributed by atoms with Gasteiger partial charge in [0.15, 0.2) is 6.10 Å². The molecule has 0 bridgehead atoms. The van der Waals surface area contributed by atoms with E-state index in [4.69, 9.17) is 14.2 Å². The third kappa shape index (κ3) is 5.19. The van der Waals surface area contributed by atoms with Crippen LogP contribution in [0.5, 0.6) is 11.5 Å². The normalized spacial score (nSPS) is 25.9. The monoisotopic (exact) mass is 470 g/mol. The number of esters is 1. The maximum absolute atomic E-state index is 13.0. The van der Waals surface area contributed by atoms with Gasteiger partial charge in [-0.1, -0.05) is 46.5 Å². The molecule has 0 unspecified atom stereocenters. The van der Waals surface area contributed by atoms with Gasteiger partial charge in [0.05, 0.1) is 0 Å². The fraction of sp³-hybridized carbons (Fsp3) is 0.724. The molecule has 3 atom stereocenters. The summed E-state index contributed by atoms with van der Waals surface area (Å²) in [6.45, 7) is 11.6. The van der Waals surface area contributed by atoms with Crippen molar-refractivity contribution >= 4 is 11.8 Å². The van der Waals surface area contributed by atoms with Crippen LogP contribution >= 0.6 is 0 Å². The Hall–Kier alpha value is -1.88. The maximum Gasteiger partial charge on any atom is 0.340 e. The molecule has 5 nitrogen and oxygen atoms in total. The molecule has 0 N–H and O–H groups in total. The average molecular weight is 471 g/mol. The van der Waals surface area contributed by atoms with Crippen LogP contribution in [0.15, 0.2) is 12.1 Å². The maximum atomic E-state index is 13.0. The summed E-state index contributed by atoms with van der Waals surface area (Å²) < 4.78 is 18.3. The second kappa shape index (κ2) is 10.0. The van der Waals surface area contributed by atoms with Crippen molar-refractivity contribution in [1.82, 2.24) is 0 Å². The highest BCUT2D eigenvalue weighted by molar-refractivity contribution is 5.82. The Balaban J connectivity index is 1.73. The molecule has 2 aliphatic heterocycles. The lowest BCUT2D eigenvalue weighted by atomic mass is 9.66. The number of ether oxygens (including phenoxy) is 3. The van der Waals surface area contributed by atoms with Crippen LogP contribution in [-0.4, -0.2) is 30.1 Å². The van der Waals surface area contributed by atoms with Gasteiger partial charge in [-0.2, -0.15) is 0 Å². The minimum atomic E-state index is -0.508. The molecule has 1 saturated heterocycles. The first-order valence-electron chi connectivity index (χ1n) is 13.3. The summed E-state index contributed by atoms with van der Waals surface area (Å²) in [6.07, 6.45) is 8.84. The van der Waals surface area contributed by atoms with E-state index in [1.807, 2.05) is 6.07 Å². The molecular weight excluding hydrogens is 428 g/mol. The third-order valence-corrected chi connectivity index (χ3v) is 8.25. The van der Waals surface area contributed by atoms with Crippen LogP contribution in [0, 0.1) is 5.92 Å². The fourth-order valence-corrected chi connectivity index (χ4v) is 6.10. The van der Waals surface area contributed by atoms with Crippen molar-refractivity contribution in [1.29, 1.82) is 0 Å². The van der Waals surface area contributed by atoms with Gasteiger partial charge in [-0.05, 0) is 62.6 Å². The van der Waals surface area contributed by atoms with Crippen LogP contribution < -0.4 is 9.47 Å². The molecule has 1 aromatic carbocycles. The number of rotatable bonds is 8. The van der Waals surface area contributed by atoms with E-state index >= 15 is 0 Å². The summed E-state index contributed by atoms with van der Waals surface area (Å²) in [5, 5.41) is 0. The zero-order chi connectivity index (χ0) is 24.5. The van der Waals surface area contributed by atoms with Crippen LogP contribution in [0.4, 0.5) is 0 Å². The lowest BCUT2D eigenvalue weighted by molar-refractivity contribution is -0.144. The van der Waals surface area contributed by atoms with Crippen LogP contribution in [-0.2, 0) is 19.7 Å². The fourth-order valence-electron chi connectivity index (χ4n) is 6.10. The number of carbonyl (C=O) groups excluding carboxylic acids is 2. The van der Waals surface area contributed by atoms with Gasteiger partial charge < -0.3 is 14.2 Å². The Kier molecular flexibility index (Phi) is 7.42. The molecule has 1 aromatic rings. The molecule has 0 spiro atoms. The SMILES string of the molecule is CCCCCCC(C)(C)c1cc(OC(=O)[C@H]2CCCO2)c2c(c1)OC(C)(C)[C@@H]1CCC(=O)C[C@@H]21. The Bertz CT molecular complexity index is 909. The lowest BCUT2D eigenvalue weighted by Gasteiger charge is -2.47. The van der Waals surface area contributed by atoms with E-state index in [0.717, 1.165) is 42.6 Å². The molecule has 2 heterocycles. The number of Topliss-reactive ketones (excluding diaryl/α,β-unsaturated/α-hetero) is 1. The summed E-state index contributed by atoms with van der Waals surface area (Å²) in [6, 6.07) is 4.19. The summed E-state index contributed by atoms with van der Waals surface area (Å²) in [4.78, 5) is 25.5. The number of ketones is 1. The standard InChI is InChI=1S/C29H42O5/c1-6-7-8-9-14-28(2,3)19-16-24(33-27(31)23-11-10-15-32-23)26-21-18-20(30)12-13-22(21)29(4,5)34-25(26)17-19/h16-17,21-23H,6-15,18H2,1-5H3/t21-,22-,23-/m1/s1. The summed E-state index contributed by atoms with van der Waals surface area (Å²) in [5.74, 6) is 1.51. The molecule has 4 rings (SSSR count). The average Bonchev–Trinajstić information content (AvgIpc) is 3.31. The zero-order valence-electron chi connectivity index (χ0n) is 21.7. The third-order valence-electron chi connectivity index (χ3n) is 8.25. The van der Waals surface area contributed by atoms with E-state index in [0.29, 0.717) is 31.6 Å². The van der Waals surface area contributed by atoms with E-state index in [2.05, 4.69) is 40.7 Å². The topological polar surface area (TPSA) is 61.8 Å². The van der Waals surface area contributed by atoms with Crippen molar-refractivity contribution in [3.63, 3.8) is 0 Å². The van der Waals surface area contributed by atoms with Gasteiger partial charge >= 0.3 is 5.97 Å². The van der Waals surface area contributed by atoms with Crippen molar-refractivity contribution < 1.29 is 23.8 Å². The molecule has 2 fully saturated rings. The molecule has 1 aliphatic carbocycles. The molecule has 1 saturated carbocycles. The highest BCUT2D eigenvalue weighted by Crippen LogP contribution is 2.55. The summed E-state index contributed by atoms with van der Waals surface area (Å²) in [5.41, 5.74) is 1.56. The lowest BCUT2D eigenvalue weighted by Crippen LogP contribution is -2.47. The molecule has 188 valence electrons. The first-order valence-corrected chi connectivity index (χ1v) is 13.3. The van der Waals surface area contributed by atoms with Gasteiger partial charge in [0, 0.05) is 36.8 Å². The van der Waals surface area contributed by atoms with Gasteiger partial charge in [-0.25, -0.2) is 4.79 Å². The second-order valence-corrected chi connectivity index (χ2v) is 11.7. The number of benzene rings is 1. The van der Waals surface area contributed by atoms with E-state index in [1.54, 1.807) is 0 Å². The van der Waals surface area contributed by atoms with Gasteiger partial charge in [-0.15, -0.1) is 0 Å². The van der Waals surface area contributed by atoms with Gasteiger partial charge in [-0.3, -0.25) is 4.79 Å². The van der Waals surface area contributed by atoms with E-state index < -0.39 is 6.10 Å². The molecule has 5 heteroatoms. The smallest absolute Gasteiger partial charge is 0.340 e. The minimum Gasteiger partial charge on any atom is -0.487 e. The Morgan fingerprint density at radius 3 is 2.68 bits per heavy atom. The van der Waals surface area contributed by atoms with E-state index in [9.17, 15) is 9.59 Å². The highest BCUT2D eigenvalue weighted by atomic mass is 16.6. The molecule has 0 radical (unpaired) electrons. The molecule has 34 heavy (non-hydrogen) atoms. The number of carbonyl (C=O) groups is 2. The Labute approximate surface area is 204 Å². The summed E-state index contributed by atoms with van der Waals surface area (Å²) >= 11 is 0. The molecular formula is C29H42O5. The summed E-state index contributed by atoms with van der Waals surface area (Å²) in [7, 11) is 0. The van der Waals surface area contributed by atoms with Crippen molar-refractivity contribution in [3.05, 3.63) is 23.3 Å². The zero-order valence-corrected chi connectivity index (χ0v) is 21.7. The van der Waals surface area contributed by atoms with Crippen LogP contribution in [0.2, 0.25) is 0 Å². The number of hydrogen-bond donors (Lipinski definition) is 0. The first kappa shape index (κ1) is 25.2. The quantitative estimate of drug-likeness (QED) is 0.242.